The van der Waals surface area contributed by atoms with Crippen LogP contribution < -0.4 is 10.1 Å². The van der Waals surface area contributed by atoms with Gasteiger partial charge in [-0.2, -0.15) is 0 Å². The smallest absolute Gasteiger partial charge is 0.261 e. The molecule has 0 saturated heterocycles. The van der Waals surface area contributed by atoms with E-state index >= 15 is 0 Å². The maximum Gasteiger partial charge on any atom is 0.261 e. The molecule has 0 bridgehead atoms. The topological polar surface area (TPSA) is 38.3 Å². The molecular formula is C17H17Cl2NO2. The molecule has 1 N–H and O–H groups in total. The normalized spacial score (nSPS) is 11.8. The fourth-order valence-electron chi connectivity index (χ4n) is 1.92. The van der Waals surface area contributed by atoms with Crippen LogP contribution >= 0.6 is 23.2 Å². The van der Waals surface area contributed by atoms with Gasteiger partial charge < -0.3 is 10.1 Å². The first-order valence-corrected chi connectivity index (χ1v) is 7.67. The van der Waals surface area contributed by atoms with E-state index in [1.807, 2.05) is 25.1 Å². The van der Waals surface area contributed by atoms with Crippen molar-refractivity contribution < 1.29 is 9.53 Å². The van der Waals surface area contributed by atoms with Gasteiger partial charge >= 0.3 is 0 Å². The minimum Gasteiger partial charge on any atom is -0.481 e. The van der Waals surface area contributed by atoms with E-state index in [0.717, 1.165) is 11.1 Å². The van der Waals surface area contributed by atoms with Crippen LogP contribution in [0.4, 0.5) is 0 Å². The van der Waals surface area contributed by atoms with Crippen LogP contribution in [0.15, 0.2) is 42.5 Å². The number of aryl methyl sites for hydroxylation is 1. The largest absolute Gasteiger partial charge is 0.481 e. The third-order valence-electron chi connectivity index (χ3n) is 3.22. The molecule has 116 valence electrons. The van der Waals surface area contributed by atoms with Crippen LogP contribution in [0.3, 0.4) is 0 Å². The molecule has 1 amide bonds. The van der Waals surface area contributed by atoms with Crippen molar-refractivity contribution >= 4 is 29.1 Å². The van der Waals surface area contributed by atoms with Gasteiger partial charge in [-0.1, -0.05) is 41.4 Å². The first-order chi connectivity index (χ1) is 10.5. The summed E-state index contributed by atoms with van der Waals surface area (Å²) < 4.78 is 5.63. The SMILES string of the molecule is Cc1cc(O[C@H](C)C(=O)NCc2ccccc2Cl)ccc1Cl. The fraction of sp³-hybridized carbons (Fsp3) is 0.235. The lowest BCUT2D eigenvalue weighted by atomic mass is 10.2. The van der Waals surface area contributed by atoms with E-state index in [0.29, 0.717) is 22.3 Å². The Kier molecular flexibility index (Phi) is 5.69. The number of hydrogen-bond donors (Lipinski definition) is 1. The summed E-state index contributed by atoms with van der Waals surface area (Å²) in [7, 11) is 0. The fourth-order valence-corrected chi connectivity index (χ4v) is 2.24. The summed E-state index contributed by atoms with van der Waals surface area (Å²) in [5.74, 6) is 0.412. The van der Waals surface area contributed by atoms with Crippen molar-refractivity contribution in [2.24, 2.45) is 0 Å². The Hall–Kier alpha value is -1.71. The monoisotopic (exact) mass is 337 g/mol. The van der Waals surface area contributed by atoms with Gasteiger partial charge in [0.1, 0.15) is 5.75 Å². The Bertz CT molecular complexity index is 673. The van der Waals surface area contributed by atoms with Crippen molar-refractivity contribution in [3.8, 4) is 5.75 Å². The minimum absolute atomic E-state index is 0.201. The van der Waals surface area contributed by atoms with Crippen molar-refractivity contribution in [1.82, 2.24) is 5.32 Å². The number of nitrogens with one attached hydrogen (secondary N) is 1. The summed E-state index contributed by atoms with van der Waals surface area (Å²) in [6.07, 6.45) is -0.608. The first kappa shape index (κ1) is 16.7. The lowest BCUT2D eigenvalue weighted by molar-refractivity contribution is -0.127. The molecular weight excluding hydrogens is 321 g/mol. The molecule has 0 heterocycles. The Morgan fingerprint density at radius 2 is 1.91 bits per heavy atom. The number of benzene rings is 2. The van der Waals surface area contributed by atoms with Gasteiger partial charge in [-0.3, -0.25) is 4.79 Å². The molecule has 0 saturated carbocycles. The summed E-state index contributed by atoms with van der Waals surface area (Å²) in [5.41, 5.74) is 1.77. The number of hydrogen-bond acceptors (Lipinski definition) is 2. The summed E-state index contributed by atoms with van der Waals surface area (Å²) >= 11 is 12.0. The lowest BCUT2D eigenvalue weighted by Crippen LogP contribution is -2.35. The second kappa shape index (κ2) is 7.52. The molecule has 0 aliphatic rings. The molecule has 2 rings (SSSR count). The van der Waals surface area contributed by atoms with E-state index in [-0.39, 0.29) is 5.91 Å². The highest BCUT2D eigenvalue weighted by Crippen LogP contribution is 2.22. The van der Waals surface area contributed by atoms with Gasteiger partial charge in [-0.15, -0.1) is 0 Å². The molecule has 0 radical (unpaired) electrons. The van der Waals surface area contributed by atoms with E-state index in [4.69, 9.17) is 27.9 Å². The maximum absolute atomic E-state index is 12.1. The van der Waals surface area contributed by atoms with Gasteiger partial charge in [0.25, 0.3) is 5.91 Å². The van der Waals surface area contributed by atoms with Crippen LogP contribution in [-0.4, -0.2) is 12.0 Å². The number of halogens is 2. The summed E-state index contributed by atoms with van der Waals surface area (Å²) in [6.45, 7) is 3.95. The minimum atomic E-state index is -0.608. The van der Waals surface area contributed by atoms with Gasteiger partial charge in [-0.25, -0.2) is 0 Å². The van der Waals surface area contributed by atoms with Crippen molar-refractivity contribution in [1.29, 1.82) is 0 Å². The first-order valence-electron chi connectivity index (χ1n) is 6.91. The molecule has 0 aliphatic heterocycles. The highest BCUT2D eigenvalue weighted by atomic mass is 35.5. The number of carbonyl (C=O) groups excluding carboxylic acids is 1. The van der Waals surface area contributed by atoms with E-state index in [9.17, 15) is 4.79 Å². The molecule has 0 unspecified atom stereocenters. The van der Waals surface area contributed by atoms with Crippen LogP contribution in [0.2, 0.25) is 10.0 Å². The Morgan fingerprint density at radius 3 is 2.59 bits per heavy atom. The van der Waals surface area contributed by atoms with Crippen molar-refractivity contribution in [2.45, 2.75) is 26.5 Å². The summed E-state index contributed by atoms with van der Waals surface area (Å²) in [5, 5.41) is 4.11. The van der Waals surface area contributed by atoms with Crippen LogP contribution in [0.1, 0.15) is 18.1 Å². The number of rotatable bonds is 5. The van der Waals surface area contributed by atoms with Gasteiger partial charge in [0.15, 0.2) is 6.10 Å². The van der Waals surface area contributed by atoms with Gasteiger partial charge in [0.05, 0.1) is 0 Å². The van der Waals surface area contributed by atoms with E-state index in [1.54, 1.807) is 31.2 Å². The van der Waals surface area contributed by atoms with Gasteiger partial charge in [-0.05, 0) is 49.2 Å². The van der Waals surface area contributed by atoms with E-state index < -0.39 is 6.10 Å². The van der Waals surface area contributed by atoms with Crippen LogP contribution in [0.5, 0.6) is 5.75 Å². The van der Waals surface area contributed by atoms with E-state index in [1.165, 1.54) is 0 Å². The number of amides is 1. The Balaban J connectivity index is 1.92. The standard InChI is InChI=1S/C17H17Cl2NO2/c1-11-9-14(7-8-15(11)18)22-12(2)17(21)20-10-13-5-3-4-6-16(13)19/h3-9,12H,10H2,1-2H3,(H,20,21)/t12-/m1/s1. The quantitative estimate of drug-likeness (QED) is 0.878. The summed E-state index contributed by atoms with van der Waals surface area (Å²) in [6, 6.07) is 12.7. The molecule has 2 aromatic carbocycles. The van der Waals surface area contributed by atoms with Crippen LogP contribution in [0.25, 0.3) is 0 Å². The molecule has 5 heteroatoms. The lowest BCUT2D eigenvalue weighted by Gasteiger charge is -2.15. The zero-order valence-corrected chi connectivity index (χ0v) is 13.9. The molecule has 0 fully saturated rings. The number of ether oxygens (including phenoxy) is 1. The predicted octanol–water partition coefficient (Wildman–Crippen LogP) is 4.39. The Labute approximate surface area is 140 Å². The molecule has 0 aliphatic carbocycles. The maximum atomic E-state index is 12.1. The zero-order chi connectivity index (χ0) is 16.1. The third-order valence-corrected chi connectivity index (χ3v) is 4.02. The molecule has 2 aromatic rings. The Morgan fingerprint density at radius 1 is 1.18 bits per heavy atom. The molecule has 0 aromatic heterocycles. The van der Waals surface area contributed by atoms with Crippen molar-refractivity contribution in [3.05, 3.63) is 63.6 Å². The molecule has 0 spiro atoms. The number of carbonyl (C=O) groups is 1. The van der Waals surface area contributed by atoms with Crippen LogP contribution in [-0.2, 0) is 11.3 Å². The highest BCUT2D eigenvalue weighted by Gasteiger charge is 2.15. The average Bonchev–Trinajstić information content (AvgIpc) is 2.50. The average molecular weight is 338 g/mol. The van der Waals surface area contributed by atoms with Crippen molar-refractivity contribution in [3.63, 3.8) is 0 Å². The predicted molar refractivity (Wildman–Crippen MR) is 89.6 cm³/mol. The summed E-state index contributed by atoms with van der Waals surface area (Å²) in [4.78, 5) is 12.1. The van der Waals surface area contributed by atoms with Crippen LogP contribution in [0, 0.1) is 6.92 Å². The zero-order valence-electron chi connectivity index (χ0n) is 12.4. The molecule has 3 nitrogen and oxygen atoms in total. The third kappa shape index (κ3) is 4.39. The van der Waals surface area contributed by atoms with E-state index in [2.05, 4.69) is 5.32 Å². The molecule has 1 atom stereocenters. The second-order valence-corrected chi connectivity index (χ2v) is 5.79. The van der Waals surface area contributed by atoms with Gasteiger partial charge in [0.2, 0.25) is 0 Å². The highest BCUT2D eigenvalue weighted by molar-refractivity contribution is 6.31. The van der Waals surface area contributed by atoms with Gasteiger partial charge in [0, 0.05) is 16.6 Å². The van der Waals surface area contributed by atoms with Crippen molar-refractivity contribution in [2.75, 3.05) is 0 Å². The molecule has 22 heavy (non-hydrogen) atoms. The second-order valence-electron chi connectivity index (χ2n) is 4.98.